The van der Waals surface area contributed by atoms with Crippen LogP contribution in [-0.4, -0.2) is 5.11 Å². The van der Waals surface area contributed by atoms with E-state index in [2.05, 4.69) is 24.4 Å². The number of anilines is 1. The monoisotopic (exact) mass is 247 g/mol. The fourth-order valence-corrected chi connectivity index (χ4v) is 2.58. The Morgan fingerprint density at radius 1 is 1.12 bits per heavy atom. The van der Waals surface area contributed by atoms with Crippen molar-refractivity contribution in [2.24, 2.45) is 0 Å². The summed E-state index contributed by atoms with van der Waals surface area (Å²) in [5, 5.41) is 13.0. The molecule has 1 aromatic heterocycles. The second kappa shape index (κ2) is 4.80. The zero-order valence-electron chi connectivity index (χ0n) is 10.4. The molecule has 17 heavy (non-hydrogen) atoms. The molecule has 0 fully saturated rings. The van der Waals surface area contributed by atoms with Crippen LogP contribution in [0.2, 0.25) is 0 Å². The summed E-state index contributed by atoms with van der Waals surface area (Å²) in [6.07, 6.45) is 0. The third-order valence-corrected chi connectivity index (χ3v) is 3.79. The van der Waals surface area contributed by atoms with Gasteiger partial charge in [0.1, 0.15) is 5.75 Å². The summed E-state index contributed by atoms with van der Waals surface area (Å²) in [4.78, 5) is 2.66. The molecule has 2 nitrogen and oxygen atoms in total. The third kappa shape index (κ3) is 2.80. The summed E-state index contributed by atoms with van der Waals surface area (Å²) in [5.41, 5.74) is 3.06. The van der Waals surface area contributed by atoms with Crippen molar-refractivity contribution in [3.8, 4) is 5.75 Å². The van der Waals surface area contributed by atoms with Crippen molar-refractivity contribution in [2.45, 2.75) is 27.3 Å². The van der Waals surface area contributed by atoms with Crippen LogP contribution >= 0.6 is 11.3 Å². The molecule has 0 bridgehead atoms. The van der Waals surface area contributed by atoms with Crippen molar-refractivity contribution < 1.29 is 5.11 Å². The number of rotatable bonds is 3. The summed E-state index contributed by atoms with van der Waals surface area (Å²) in [6.45, 7) is 6.87. The standard InChI is InChI=1S/C14H17NOS/c1-9-7-14(16)10(2)6-13(9)15-8-12-5-4-11(3)17-12/h4-7,15-16H,8H2,1-3H3. The normalized spacial score (nSPS) is 10.5. The van der Waals surface area contributed by atoms with Gasteiger partial charge < -0.3 is 10.4 Å². The lowest BCUT2D eigenvalue weighted by Gasteiger charge is -2.10. The van der Waals surface area contributed by atoms with Crippen molar-refractivity contribution in [3.05, 3.63) is 45.1 Å². The SMILES string of the molecule is Cc1ccc(CNc2cc(C)c(O)cc2C)s1. The number of hydrogen-bond acceptors (Lipinski definition) is 3. The summed E-state index contributed by atoms with van der Waals surface area (Å²) in [6, 6.07) is 8.08. The van der Waals surface area contributed by atoms with E-state index in [1.165, 1.54) is 9.75 Å². The van der Waals surface area contributed by atoms with Gasteiger partial charge in [0.05, 0.1) is 0 Å². The molecule has 2 rings (SSSR count). The van der Waals surface area contributed by atoms with Crippen LogP contribution in [0.5, 0.6) is 5.75 Å². The topological polar surface area (TPSA) is 32.3 Å². The molecule has 2 aromatic rings. The number of phenols is 1. The van der Waals surface area contributed by atoms with E-state index in [0.29, 0.717) is 5.75 Å². The van der Waals surface area contributed by atoms with Gasteiger partial charge in [0.2, 0.25) is 0 Å². The van der Waals surface area contributed by atoms with Crippen LogP contribution < -0.4 is 5.32 Å². The van der Waals surface area contributed by atoms with E-state index in [1.807, 2.05) is 31.3 Å². The molecule has 0 spiro atoms. The fourth-order valence-electron chi connectivity index (χ4n) is 1.75. The Bertz CT molecular complexity index is 531. The van der Waals surface area contributed by atoms with Gasteiger partial charge in [0.15, 0.2) is 0 Å². The molecule has 0 radical (unpaired) electrons. The molecular formula is C14H17NOS. The quantitative estimate of drug-likeness (QED) is 0.804. The van der Waals surface area contributed by atoms with E-state index < -0.39 is 0 Å². The molecule has 0 aliphatic heterocycles. The average molecular weight is 247 g/mol. The first-order valence-electron chi connectivity index (χ1n) is 5.65. The summed E-state index contributed by atoms with van der Waals surface area (Å²) >= 11 is 1.81. The van der Waals surface area contributed by atoms with Crippen molar-refractivity contribution in [1.82, 2.24) is 0 Å². The maximum absolute atomic E-state index is 9.59. The lowest BCUT2D eigenvalue weighted by atomic mass is 10.1. The van der Waals surface area contributed by atoms with E-state index in [1.54, 1.807) is 6.07 Å². The number of phenolic OH excluding ortho intramolecular Hbond substituents is 1. The van der Waals surface area contributed by atoms with Crippen LogP contribution in [0.25, 0.3) is 0 Å². The largest absolute Gasteiger partial charge is 0.508 e. The third-order valence-electron chi connectivity index (χ3n) is 2.79. The molecule has 0 unspecified atom stereocenters. The van der Waals surface area contributed by atoms with Crippen LogP contribution in [0.3, 0.4) is 0 Å². The van der Waals surface area contributed by atoms with E-state index >= 15 is 0 Å². The van der Waals surface area contributed by atoms with Crippen molar-refractivity contribution in [1.29, 1.82) is 0 Å². The zero-order chi connectivity index (χ0) is 12.4. The number of aromatic hydroxyl groups is 1. The smallest absolute Gasteiger partial charge is 0.118 e. The Balaban J connectivity index is 2.11. The predicted octanol–water partition coefficient (Wildman–Crippen LogP) is 3.99. The Hall–Kier alpha value is -1.48. The molecular weight excluding hydrogens is 230 g/mol. The predicted molar refractivity (Wildman–Crippen MR) is 74.0 cm³/mol. The first-order valence-corrected chi connectivity index (χ1v) is 6.47. The van der Waals surface area contributed by atoms with Gasteiger partial charge >= 0.3 is 0 Å². The zero-order valence-corrected chi connectivity index (χ0v) is 11.2. The molecule has 0 aliphatic rings. The Kier molecular flexibility index (Phi) is 3.38. The number of hydrogen-bond donors (Lipinski definition) is 2. The Labute approximate surface area is 106 Å². The van der Waals surface area contributed by atoms with Crippen LogP contribution in [0.15, 0.2) is 24.3 Å². The van der Waals surface area contributed by atoms with E-state index in [-0.39, 0.29) is 0 Å². The lowest BCUT2D eigenvalue weighted by molar-refractivity contribution is 0.471. The minimum absolute atomic E-state index is 0.361. The summed E-state index contributed by atoms with van der Waals surface area (Å²) in [7, 11) is 0. The highest BCUT2D eigenvalue weighted by atomic mass is 32.1. The van der Waals surface area contributed by atoms with Gasteiger partial charge in [-0.15, -0.1) is 11.3 Å². The molecule has 1 heterocycles. The van der Waals surface area contributed by atoms with Crippen LogP contribution in [0.4, 0.5) is 5.69 Å². The number of benzene rings is 1. The highest BCUT2D eigenvalue weighted by molar-refractivity contribution is 7.11. The van der Waals surface area contributed by atoms with Gasteiger partial charge in [-0.05, 0) is 56.2 Å². The van der Waals surface area contributed by atoms with Crippen molar-refractivity contribution in [3.63, 3.8) is 0 Å². The second-order valence-electron chi connectivity index (χ2n) is 4.32. The molecule has 90 valence electrons. The van der Waals surface area contributed by atoms with E-state index in [4.69, 9.17) is 0 Å². The number of aryl methyl sites for hydroxylation is 3. The molecule has 0 aliphatic carbocycles. The van der Waals surface area contributed by atoms with Gasteiger partial charge in [-0.3, -0.25) is 0 Å². The average Bonchev–Trinajstić information content (AvgIpc) is 2.68. The van der Waals surface area contributed by atoms with Crippen LogP contribution in [-0.2, 0) is 6.54 Å². The molecule has 2 N–H and O–H groups in total. The first-order chi connectivity index (χ1) is 8.06. The van der Waals surface area contributed by atoms with Gasteiger partial charge in [-0.2, -0.15) is 0 Å². The Morgan fingerprint density at radius 2 is 1.88 bits per heavy atom. The van der Waals surface area contributed by atoms with Gasteiger partial charge in [0, 0.05) is 22.0 Å². The van der Waals surface area contributed by atoms with Gasteiger partial charge in [-0.1, -0.05) is 0 Å². The molecule has 1 aromatic carbocycles. The van der Waals surface area contributed by atoms with E-state index in [9.17, 15) is 5.11 Å². The van der Waals surface area contributed by atoms with E-state index in [0.717, 1.165) is 23.4 Å². The molecule has 3 heteroatoms. The van der Waals surface area contributed by atoms with Crippen LogP contribution in [0.1, 0.15) is 20.9 Å². The molecule has 0 saturated heterocycles. The lowest BCUT2D eigenvalue weighted by Crippen LogP contribution is -1.99. The highest BCUT2D eigenvalue weighted by Gasteiger charge is 2.03. The van der Waals surface area contributed by atoms with Gasteiger partial charge in [0.25, 0.3) is 0 Å². The van der Waals surface area contributed by atoms with Crippen molar-refractivity contribution in [2.75, 3.05) is 5.32 Å². The molecule has 0 atom stereocenters. The summed E-state index contributed by atoms with van der Waals surface area (Å²) in [5.74, 6) is 0.361. The Morgan fingerprint density at radius 3 is 2.53 bits per heavy atom. The van der Waals surface area contributed by atoms with Crippen molar-refractivity contribution >= 4 is 17.0 Å². The second-order valence-corrected chi connectivity index (χ2v) is 5.69. The number of thiophene rings is 1. The maximum Gasteiger partial charge on any atom is 0.118 e. The minimum Gasteiger partial charge on any atom is -0.508 e. The highest BCUT2D eigenvalue weighted by Crippen LogP contribution is 2.26. The van der Waals surface area contributed by atoms with Gasteiger partial charge in [-0.25, -0.2) is 0 Å². The summed E-state index contributed by atoms with van der Waals surface area (Å²) < 4.78 is 0. The minimum atomic E-state index is 0.361. The molecule has 0 saturated carbocycles. The fraction of sp³-hybridized carbons (Fsp3) is 0.286. The molecule has 0 amide bonds. The number of nitrogens with one attached hydrogen (secondary N) is 1. The maximum atomic E-state index is 9.59. The first kappa shape index (κ1) is 12.0. The van der Waals surface area contributed by atoms with Crippen LogP contribution in [0, 0.1) is 20.8 Å².